The lowest BCUT2D eigenvalue weighted by Gasteiger charge is -2.21. The molecule has 6 heteroatoms. The van der Waals surface area contributed by atoms with Gasteiger partial charge in [-0.25, -0.2) is 4.79 Å². The number of hydrogen-bond acceptors (Lipinski definition) is 4. The number of carbonyl (C=O) groups is 2. The SMILES string of the molecule is CN(C)c1ccc(C(=O)N2CSCC2C(=O)O)cc1. The van der Waals surface area contributed by atoms with Gasteiger partial charge in [-0.3, -0.25) is 4.79 Å². The molecule has 1 heterocycles. The van der Waals surface area contributed by atoms with Crippen LogP contribution in [0, 0.1) is 0 Å². The number of thioether (sulfide) groups is 1. The van der Waals surface area contributed by atoms with Crippen molar-refractivity contribution < 1.29 is 14.7 Å². The molecule has 0 aliphatic carbocycles. The molecule has 0 saturated carbocycles. The van der Waals surface area contributed by atoms with E-state index in [1.165, 1.54) is 16.7 Å². The summed E-state index contributed by atoms with van der Waals surface area (Å²) in [6.45, 7) is 0. The number of carboxylic acid groups (broad SMARTS) is 1. The molecular formula is C13H16N2O3S. The van der Waals surface area contributed by atoms with Gasteiger partial charge in [0.15, 0.2) is 0 Å². The Morgan fingerprint density at radius 3 is 2.47 bits per heavy atom. The van der Waals surface area contributed by atoms with E-state index >= 15 is 0 Å². The number of carboxylic acids is 1. The summed E-state index contributed by atoms with van der Waals surface area (Å²) in [5.74, 6) is -0.270. The van der Waals surface area contributed by atoms with Crippen molar-refractivity contribution in [3.63, 3.8) is 0 Å². The van der Waals surface area contributed by atoms with Gasteiger partial charge in [0, 0.05) is 31.1 Å². The maximum absolute atomic E-state index is 12.3. The highest BCUT2D eigenvalue weighted by molar-refractivity contribution is 7.99. The van der Waals surface area contributed by atoms with Crippen LogP contribution in [-0.4, -0.2) is 53.6 Å². The number of anilines is 1. The van der Waals surface area contributed by atoms with Gasteiger partial charge in [0.05, 0.1) is 5.88 Å². The lowest BCUT2D eigenvalue weighted by Crippen LogP contribution is -2.41. The van der Waals surface area contributed by atoms with Crippen molar-refractivity contribution in [2.45, 2.75) is 6.04 Å². The number of benzene rings is 1. The van der Waals surface area contributed by atoms with Crippen LogP contribution in [0.2, 0.25) is 0 Å². The first-order chi connectivity index (χ1) is 9.00. The number of amides is 1. The van der Waals surface area contributed by atoms with Crippen molar-refractivity contribution in [3.8, 4) is 0 Å². The molecule has 1 unspecified atom stereocenters. The molecule has 1 N–H and O–H groups in total. The van der Waals surface area contributed by atoms with Gasteiger partial charge < -0.3 is 14.9 Å². The van der Waals surface area contributed by atoms with Crippen LogP contribution in [-0.2, 0) is 4.79 Å². The van der Waals surface area contributed by atoms with Gasteiger partial charge in [-0.2, -0.15) is 0 Å². The van der Waals surface area contributed by atoms with E-state index in [0.717, 1.165) is 5.69 Å². The van der Waals surface area contributed by atoms with Crippen LogP contribution < -0.4 is 4.90 Å². The van der Waals surface area contributed by atoms with Crippen LogP contribution in [0.1, 0.15) is 10.4 Å². The van der Waals surface area contributed by atoms with Crippen molar-refractivity contribution in [2.24, 2.45) is 0 Å². The Labute approximate surface area is 116 Å². The van der Waals surface area contributed by atoms with Crippen molar-refractivity contribution in [2.75, 3.05) is 30.6 Å². The largest absolute Gasteiger partial charge is 0.480 e. The third kappa shape index (κ3) is 2.84. The van der Waals surface area contributed by atoms with E-state index in [0.29, 0.717) is 17.2 Å². The van der Waals surface area contributed by atoms with E-state index in [1.54, 1.807) is 12.1 Å². The van der Waals surface area contributed by atoms with Gasteiger partial charge >= 0.3 is 5.97 Å². The van der Waals surface area contributed by atoms with Crippen LogP contribution in [0.25, 0.3) is 0 Å². The summed E-state index contributed by atoms with van der Waals surface area (Å²) in [4.78, 5) is 26.7. The summed E-state index contributed by atoms with van der Waals surface area (Å²) in [6.07, 6.45) is 0. The van der Waals surface area contributed by atoms with Crippen LogP contribution in [0.5, 0.6) is 0 Å². The summed E-state index contributed by atoms with van der Waals surface area (Å²) in [5.41, 5.74) is 1.53. The van der Waals surface area contributed by atoms with Crippen molar-refractivity contribution in [1.82, 2.24) is 4.90 Å². The minimum absolute atomic E-state index is 0.220. The molecule has 2 rings (SSSR count). The maximum atomic E-state index is 12.3. The predicted octanol–water partition coefficient (Wildman–Crippen LogP) is 1.35. The maximum Gasteiger partial charge on any atom is 0.327 e. The zero-order valence-electron chi connectivity index (χ0n) is 10.9. The second-order valence-electron chi connectivity index (χ2n) is 4.57. The molecule has 1 fully saturated rings. The average Bonchev–Trinajstić information content (AvgIpc) is 2.87. The first-order valence-corrected chi connectivity index (χ1v) is 7.05. The molecular weight excluding hydrogens is 264 g/mol. The Bertz CT molecular complexity index is 487. The highest BCUT2D eigenvalue weighted by Crippen LogP contribution is 2.24. The average molecular weight is 280 g/mol. The van der Waals surface area contributed by atoms with E-state index in [2.05, 4.69) is 0 Å². The van der Waals surface area contributed by atoms with Crippen LogP contribution in [0.15, 0.2) is 24.3 Å². The summed E-state index contributed by atoms with van der Waals surface area (Å²) in [7, 11) is 3.85. The molecule has 1 atom stereocenters. The summed E-state index contributed by atoms with van der Waals surface area (Å²) >= 11 is 1.47. The fraction of sp³-hybridized carbons (Fsp3) is 0.385. The van der Waals surface area contributed by atoms with E-state index in [4.69, 9.17) is 5.11 Å². The van der Waals surface area contributed by atoms with Gasteiger partial charge in [-0.1, -0.05) is 0 Å². The fourth-order valence-electron chi connectivity index (χ4n) is 1.92. The molecule has 0 spiro atoms. The van der Waals surface area contributed by atoms with E-state index in [1.807, 2.05) is 31.1 Å². The molecule has 0 radical (unpaired) electrons. The first kappa shape index (κ1) is 13.7. The Balaban J connectivity index is 2.17. The predicted molar refractivity (Wildman–Crippen MR) is 75.7 cm³/mol. The zero-order valence-corrected chi connectivity index (χ0v) is 11.7. The normalized spacial score (nSPS) is 18.4. The summed E-state index contributed by atoms with van der Waals surface area (Å²) in [6, 6.07) is 6.46. The molecule has 102 valence electrons. The molecule has 19 heavy (non-hydrogen) atoms. The lowest BCUT2D eigenvalue weighted by atomic mass is 10.1. The van der Waals surface area contributed by atoms with Gasteiger partial charge in [0.1, 0.15) is 6.04 Å². The molecule has 5 nitrogen and oxygen atoms in total. The first-order valence-electron chi connectivity index (χ1n) is 5.89. The standard InChI is InChI=1S/C13H16N2O3S/c1-14(2)10-5-3-9(4-6-10)12(16)15-8-19-7-11(15)13(17)18/h3-6,11H,7-8H2,1-2H3,(H,17,18). The molecule has 1 aliphatic rings. The summed E-state index contributed by atoms with van der Waals surface area (Å²) < 4.78 is 0. The molecule has 1 amide bonds. The second kappa shape index (κ2) is 5.52. The van der Waals surface area contributed by atoms with Gasteiger partial charge in [0.2, 0.25) is 0 Å². The number of aliphatic carboxylic acids is 1. The highest BCUT2D eigenvalue weighted by atomic mass is 32.2. The van der Waals surface area contributed by atoms with E-state index in [9.17, 15) is 9.59 Å². The van der Waals surface area contributed by atoms with E-state index < -0.39 is 12.0 Å². The second-order valence-corrected chi connectivity index (χ2v) is 5.57. The van der Waals surface area contributed by atoms with Crippen molar-refractivity contribution >= 4 is 29.3 Å². The number of carbonyl (C=O) groups excluding carboxylic acids is 1. The van der Waals surface area contributed by atoms with Crippen LogP contribution in [0.4, 0.5) is 5.69 Å². The highest BCUT2D eigenvalue weighted by Gasteiger charge is 2.34. The third-order valence-electron chi connectivity index (χ3n) is 3.06. The topological polar surface area (TPSA) is 60.9 Å². The minimum Gasteiger partial charge on any atom is -0.480 e. The molecule has 1 saturated heterocycles. The molecule has 0 aromatic heterocycles. The molecule has 0 bridgehead atoms. The van der Waals surface area contributed by atoms with Crippen molar-refractivity contribution in [1.29, 1.82) is 0 Å². The Morgan fingerprint density at radius 1 is 1.32 bits per heavy atom. The number of nitrogens with zero attached hydrogens (tertiary/aromatic N) is 2. The molecule has 1 aliphatic heterocycles. The Kier molecular flexibility index (Phi) is 3.99. The van der Waals surface area contributed by atoms with Gasteiger partial charge in [0.25, 0.3) is 5.91 Å². The third-order valence-corrected chi connectivity index (χ3v) is 4.07. The van der Waals surface area contributed by atoms with Gasteiger partial charge in [-0.05, 0) is 24.3 Å². The number of hydrogen-bond donors (Lipinski definition) is 1. The lowest BCUT2D eigenvalue weighted by molar-refractivity contribution is -0.140. The van der Waals surface area contributed by atoms with Gasteiger partial charge in [-0.15, -0.1) is 11.8 Å². The smallest absolute Gasteiger partial charge is 0.327 e. The molecule has 1 aromatic rings. The Hall–Kier alpha value is -1.69. The Morgan fingerprint density at radius 2 is 1.95 bits per heavy atom. The summed E-state index contributed by atoms with van der Waals surface area (Å²) in [5, 5.41) is 9.08. The fourth-order valence-corrected chi connectivity index (χ4v) is 3.06. The van der Waals surface area contributed by atoms with Crippen LogP contribution >= 0.6 is 11.8 Å². The quantitative estimate of drug-likeness (QED) is 0.905. The number of rotatable bonds is 3. The zero-order chi connectivity index (χ0) is 14.0. The molecule has 1 aromatic carbocycles. The van der Waals surface area contributed by atoms with E-state index in [-0.39, 0.29) is 5.91 Å². The van der Waals surface area contributed by atoms with Crippen LogP contribution in [0.3, 0.4) is 0 Å². The van der Waals surface area contributed by atoms with Crippen molar-refractivity contribution in [3.05, 3.63) is 29.8 Å². The monoisotopic (exact) mass is 280 g/mol. The minimum atomic E-state index is -0.941.